The number of carbonyl (C=O) groups is 4. The number of nitrogens with one attached hydrogen (secondary N) is 4. The number of hydrogen-bond donors (Lipinski definition) is 5. The lowest BCUT2D eigenvalue weighted by Gasteiger charge is -2.23. The number of aromatic nitrogens is 3. The number of nitrogens with two attached hydrogens (primary N) is 1. The molecule has 0 unspecified atom stereocenters. The minimum Gasteiger partial charge on any atom is -0.475 e. The lowest BCUT2D eigenvalue weighted by molar-refractivity contribution is -0.132. The minimum atomic E-state index is -0.844. The van der Waals surface area contributed by atoms with Crippen LogP contribution in [0.5, 0.6) is 0 Å². The fourth-order valence-electron chi connectivity index (χ4n) is 5.96. The smallest absolute Gasteiger partial charge is 0.312 e. The van der Waals surface area contributed by atoms with Crippen LogP contribution in [0.4, 0.5) is 10.5 Å². The summed E-state index contributed by atoms with van der Waals surface area (Å²) in [4.78, 5) is 57.6. The number of amides is 4. The summed E-state index contributed by atoms with van der Waals surface area (Å²) in [5, 5.41) is 24.0. The van der Waals surface area contributed by atoms with E-state index in [1.165, 1.54) is 0 Å². The van der Waals surface area contributed by atoms with E-state index in [2.05, 4.69) is 84.9 Å². The van der Waals surface area contributed by atoms with Crippen molar-refractivity contribution >= 4 is 58.6 Å². The van der Waals surface area contributed by atoms with E-state index in [0.717, 1.165) is 11.3 Å². The predicted molar refractivity (Wildman–Crippen MR) is 274 cm³/mol. The molecule has 69 heavy (non-hydrogen) atoms. The topological polar surface area (TPSA) is 241 Å². The fraction of sp³-hybridized carbons (Fsp3) is 0.688. The van der Waals surface area contributed by atoms with Crippen molar-refractivity contribution in [2.24, 2.45) is 22.7 Å². The molecule has 1 aromatic carbocycles. The van der Waals surface area contributed by atoms with Gasteiger partial charge in [-0.1, -0.05) is 77.9 Å². The first-order chi connectivity index (χ1) is 32.7. The summed E-state index contributed by atoms with van der Waals surface area (Å²) in [6.07, 6.45) is 2.74. The molecule has 0 bridgehead atoms. The summed E-state index contributed by atoms with van der Waals surface area (Å²) >= 11 is 3.50. The Morgan fingerprint density at radius 2 is 1.48 bits per heavy atom. The number of rotatable bonds is 38. The van der Waals surface area contributed by atoms with Crippen LogP contribution in [0, 0.1) is 11.8 Å². The van der Waals surface area contributed by atoms with E-state index < -0.39 is 23.9 Å². The van der Waals surface area contributed by atoms with Crippen LogP contribution >= 0.6 is 23.5 Å². The number of oxime groups is 1. The van der Waals surface area contributed by atoms with Crippen LogP contribution in [0.25, 0.3) is 0 Å². The van der Waals surface area contributed by atoms with Crippen molar-refractivity contribution in [1.82, 2.24) is 30.9 Å². The summed E-state index contributed by atoms with van der Waals surface area (Å²) in [5.74, 6) is -0.154. The van der Waals surface area contributed by atoms with E-state index in [4.69, 9.17) is 34.3 Å². The highest BCUT2D eigenvalue weighted by atomic mass is 32.2. The molecule has 6 N–H and O–H groups in total. The van der Waals surface area contributed by atoms with Crippen LogP contribution in [0.15, 0.2) is 48.1 Å². The molecule has 2 aromatic rings. The second kappa shape index (κ2) is 34.0. The summed E-state index contributed by atoms with van der Waals surface area (Å²) < 4.78 is 29.3. The third kappa shape index (κ3) is 31.4. The van der Waals surface area contributed by atoms with Gasteiger partial charge >= 0.3 is 6.03 Å². The van der Waals surface area contributed by atoms with Gasteiger partial charge in [-0.3, -0.25) is 14.4 Å². The first-order valence-corrected chi connectivity index (χ1v) is 25.7. The number of ketones is 1. The van der Waals surface area contributed by atoms with Crippen molar-refractivity contribution in [1.29, 1.82) is 0 Å². The number of urea groups is 1. The zero-order valence-corrected chi connectivity index (χ0v) is 44.2. The van der Waals surface area contributed by atoms with Gasteiger partial charge in [-0.05, 0) is 56.4 Å². The molecule has 0 saturated carbocycles. The second-order valence-corrected chi connectivity index (χ2v) is 22.1. The maximum Gasteiger partial charge on any atom is 0.312 e. The van der Waals surface area contributed by atoms with Crippen LogP contribution in [0.1, 0.15) is 99.3 Å². The molecule has 2 atom stereocenters. The van der Waals surface area contributed by atoms with Crippen molar-refractivity contribution in [3.63, 3.8) is 0 Å². The Bertz CT molecular complexity index is 1820. The number of primary amides is 1. The van der Waals surface area contributed by atoms with Crippen LogP contribution < -0.4 is 27.0 Å². The summed E-state index contributed by atoms with van der Waals surface area (Å²) in [6, 6.07) is 5.60. The van der Waals surface area contributed by atoms with Crippen LogP contribution in [-0.4, -0.2) is 137 Å². The molecule has 0 fully saturated rings. The number of carbonyl (C=O) groups excluding carboxylic acids is 4. The second-order valence-electron chi connectivity index (χ2n) is 18.5. The van der Waals surface area contributed by atoms with E-state index in [0.29, 0.717) is 108 Å². The van der Waals surface area contributed by atoms with Gasteiger partial charge in [-0.2, -0.15) is 0 Å². The molecule has 21 heteroatoms. The van der Waals surface area contributed by atoms with E-state index in [1.807, 2.05) is 39.1 Å². The quantitative estimate of drug-likeness (QED) is 0.0222. The van der Waals surface area contributed by atoms with Gasteiger partial charge in [0.25, 0.3) is 5.91 Å². The zero-order valence-electron chi connectivity index (χ0n) is 42.5. The Morgan fingerprint density at radius 1 is 0.870 bits per heavy atom. The number of Topliss-reactive ketones (excluding diaryl/α,β-unsaturated/α-hetero) is 1. The monoisotopic (exact) mass is 1010 g/mol. The van der Waals surface area contributed by atoms with E-state index in [1.54, 1.807) is 40.3 Å². The van der Waals surface area contributed by atoms with Crippen molar-refractivity contribution in [2.45, 2.75) is 123 Å². The molecule has 2 rings (SSSR count). The molecule has 0 aliphatic rings. The van der Waals surface area contributed by atoms with Gasteiger partial charge in [0.2, 0.25) is 5.91 Å². The normalized spacial score (nSPS) is 12.5. The van der Waals surface area contributed by atoms with Gasteiger partial charge in [-0.15, -0.1) is 28.6 Å². The fourth-order valence-corrected chi connectivity index (χ4v) is 7.59. The number of anilines is 1. The Morgan fingerprint density at radius 3 is 2.06 bits per heavy atom. The van der Waals surface area contributed by atoms with Crippen LogP contribution in [0.3, 0.4) is 0 Å². The standard InChI is InChI=1S/C48H81N9O10S2/c1-11-62-21-22-64-25-26-65-24-23-63-20-19-57-30-40(54-56-57)29-51-36(4)66-31-37-14-16-39(17-15-37)52-45(60)38(13-12-18-50-46(49)61)28-43(58)42(27-35(2)3)53-44(59)32-67-55-41(33-68-47(5,6)7)34-69-48(8,9)10/h14-17,30,35,38,42,51H,4,11-13,18-29,31-34H2,1-3,5-10H3,(H,52,60)(H,53,59)(H3,49,50,61)/t38-,42+/m1/s1. The number of nitrogens with zero attached hydrogens (tertiary/aromatic N) is 4. The van der Waals surface area contributed by atoms with E-state index in [9.17, 15) is 19.2 Å². The van der Waals surface area contributed by atoms with Crippen LogP contribution in [0.2, 0.25) is 0 Å². The molecule has 390 valence electrons. The van der Waals surface area contributed by atoms with Crippen molar-refractivity contribution in [3.8, 4) is 0 Å². The lowest BCUT2D eigenvalue weighted by Crippen LogP contribution is -2.44. The first-order valence-electron chi connectivity index (χ1n) is 23.7. The van der Waals surface area contributed by atoms with Crippen LogP contribution in [-0.2, 0) is 62.6 Å². The van der Waals surface area contributed by atoms with Gasteiger partial charge < -0.3 is 55.5 Å². The number of thioether (sulfide) groups is 2. The molecule has 1 aromatic heterocycles. The highest BCUT2D eigenvalue weighted by Gasteiger charge is 2.29. The SMILES string of the molecule is C=C(NCc1cn(CCOCCOCCOCCOCC)nn1)OCc1ccc(NC(=O)[C@H](CCCNC(N)=O)CC(=O)[C@H](CC(C)C)NC(=O)CON=C(CSC(C)(C)C)CSC(C)(C)C)cc1. The third-order valence-corrected chi connectivity index (χ3v) is 12.2. The van der Waals surface area contributed by atoms with Gasteiger partial charge in [0.15, 0.2) is 18.3 Å². The highest BCUT2D eigenvalue weighted by molar-refractivity contribution is 8.02. The largest absolute Gasteiger partial charge is 0.475 e. The molecule has 1 heterocycles. The summed E-state index contributed by atoms with van der Waals surface area (Å²) in [5.41, 5.74) is 8.14. The molecule has 0 saturated heterocycles. The van der Waals surface area contributed by atoms with Gasteiger partial charge in [0.1, 0.15) is 12.3 Å². The van der Waals surface area contributed by atoms with Crippen molar-refractivity contribution in [3.05, 3.63) is 54.2 Å². The van der Waals surface area contributed by atoms with Gasteiger partial charge in [-0.25, -0.2) is 9.48 Å². The molecule has 0 aliphatic carbocycles. The van der Waals surface area contributed by atoms with Crippen molar-refractivity contribution in [2.75, 3.05) is 82.8 Å². The first kappa shape index (κ1) is 60.7. The predicted octanol–water partition coefficient (Wildman–Crippen LogP) is 6.07. The molecular weight excluding hydrogens is 927 g/mol. The Hall–Kier alpha value is -4.41. The molecule has 0 radical (unpaired) electrons. The number of hydrogen-bond acceptors (Lipinski definition) is 16. The average Bonchev–Trinajstić information content (AvgIpc) is 3.74. The maximum absolute atomic E-state index is 13.9. The third-order valence-electron chi connectivity index (χ3n) is 9.48. The van der Waals surface area contributed by atoms with Gasteiger partial charge in [0, 0.05) is 52.2 Å². The molecule has 0 aliphatic heterocycles. The lowest BCUT2D eigenvalue weighted by atomic mass is 9.90. The molecule has 19 nitrogen and oxygen atoms in total. The summed E-state index contributed by atoms with van der Waals surface area (Å²) in [6.45, 7) is 27.8. The van der Waals surface area contributed by atoms with Gasteiger partial charge in [0.05, 0.1) is 77.3 Å². The maximum atomic E-state index is 13.9. The molecule has 0 spiro atoms. The molecule has 4 amide bonds. The van der Waals surface area contributed by atoms with E-state index >= 15 is 0 Å². The van der Waals surface area contributed by atoms with E-state index in [-0.39, 0.29) is 59.7 Å². The zero-order chi connectivity index (χ0) is 51.1. The highest BCUT2D eigenvalue weighted by Crippen LogP contribution is 2.27. The number of benzene rings is 1. The Labute approximate surface area is 418 Å². The molecular formula is C48H81N9O10S2. The minimum absolute atomic E-state index is 0.0289. The Balaban J connectivity index is 1.89. The average molecular weight is 1010 g/mol. The number of ether oxygens (including phenoxy) is 5. The Kier molecular flexibility index (Phi) is 29.9. The van der Waals surface area contributed by atoms with Crippen molar-refractivity contribution < 1.29 is 47.7 Å². The summed E-state index contributed by atoms with van der Waals surface area (Å²) in [7, 11) is 0.